The molecule has 0 aliphatic heterocycles. The van der Waals surface area contributed by atoms with Crippen molar-refractivity contribution in [2.75, 3.05) is 9.80 Å². The monoisotopic (exact) mass is 1830 g/mol. The molecular formula is C138H90N4O2. The summed E-state index contributed by atoms with van der Waals surface area (Å²) < 4.78 is 18.4. The van der Waals surface area contributed by atoms with Gasteiger partial charge < -0.3 is 27.8 Å². The van der Waals surface area contributed by atoms with Gasteiger partial charge in [-0.15, -0.1) is 0 Å². The molecule has 4 aromatic heterocycles. The first-order valence-electron chi connectivity index (χ1n) is 49.3. The number of para-hydroxylation sites is 4. The van der Waals surface area contributed by atoms with Gasteiger partial charge in [0.1, 0.15) is 11.2 Å². The third-order valence-electron chi connectivity index (χ3n) is 29.0. The predicted octanol–water partition coefficient (Wildman–Crippen LogP) is 38.8. The van der Waals surface area contributed by atoms with Crippen molar-refractivity contribution in [3.63, 3.8) is 0 Å². The van der Waals surface area contributed by atoms with E-state index < -0.39 is 0 Å². The standard InChI is InChI=1S/C70H46N2O.C68H44N2O/c1-3-13-47(14-4-1)52-31-38-58(39-32-52)71(67-46-57-17-7-8-18-61(57)69-63-20-10-12-22-68(63)73-70(67)69)59-40-33-54(34-41-59)51-25-23-49(24-26-51)50-27-29-55(30-28-50)56-37-44-66-64(45-56)62-19-9-11-21-65(62)72(66)60-42-35-53(36-43-60)48-15-5-2-6-16-48;1-2-13-45(14-3-1)49-33-38-55(39-34-49)69(65-44-54-16-5-7-19-58(54)67-61-21-9-11-24-66(61)71-68(65)67)56-40-35-50(36-41-56)48-27-25-46(26-28-48)47-29-31-51(32-30-47)53-37-42-60-59-20-8-10-22-63(59)70(64(60)43-53)62-23-12-17-52-15-4-6-18-57(52)62/h1-46H;1-44H. The molecule has 0 amide bonds. The average Bonchev–Trinajstić information content (AvgIpc) is 1.61. The van der Waals surface area contributed by atoms with Crippen LogP contribution in [0.2, 0.25) is 0 Å². The molecule has 144 heavy (non-hydrogen) atoms. The molecular weight excluding hydrogens is 1750 g/mol. The predicted molar refractivity (Wildman–Crippen MR) is 607 cm³/mol. The summed E-state index contributed by atoms with van der Waals surface area (Å²) >= 11 is 0. The van der Waals surface area contributed by atoms with Crippen LogP contribution >= 0.6 is 0 Å². The molecule has 0 bridgehead atoms. The van der Waals surface area contributed by atoms with Crippen molar-refractivity contribution in [2.45, 2.75) is 0 Å². The van der Waals surface area contributed by atoms with Gasteiger partial charge in [-0.1, -0.05) is 425 Å². The molecule has 6 nitrogen and oxygen atoms in total. The molecule has 0 radical (unpaired) electrons. The zero-order chi connectivity index (χ0) is 95.1. The SMILES string of the molecule is c1ccc(-c2ccc(N(c3ccc(-c4ccc(-c5ccc(-c6ccc7c(c6)c6ccccc6n7-c6ccc(-c7ccccc7)cc6)cc5)cc4)cc3)c3cc4ccccc4c4c3oc3ccccc34)cc2)cc1.c1ccc(-c2ccc(N(c3ccc(-c4ccc(-c5ccc(-c6ccc7c8ccccc8n(-c8cccc9ccccc89)c7c6)cc5)cc4)cc3)c3cc4ccccc4c4c3oc3ccccc34)cc2)cc1. The molecule has 674 valence electrons. The second kappa shape index (κ2) is 35.7. The van der Waals surface area contributed by atoms with E-state index in [2.05, 4.69) is 553 Å². The van der Waals surface area contributed by atoms with Crippen LogP contribution in [-0.4, -0.2) is 9.13 Å². The van der Waals surface area contributed by atoms with Gasteiger partial charge in [0.05, 0.1) is 39.1 Å². The Kier molecular flexibility index (Phi) is 20.9. The molecule has 0 saturated carbocycles. The molecule has 0 fully saturated rings. The summed E-state index contributed by atoms with van der Waals surface area (Å²) in [6.07, 6.45) is 0. The maximum atomic E-state index is 6.79. The summed E-state index contributed by atoms with van der Waals surface area (Å²) in [5.74, 6) is 0. The third kappa shape index (κ3) is 15.1. The van der Waals surface area contributed by atoms with Gasteiger partial charge in [0.25, 0.3) is 0 Å². The highest BCUT2D eigenvalue weighted by molar-refractivity contribution is 6.25. The number of hydrogen-bond acceptors (Lipinski definition) is 4. The molecule has 0 aliphatic rings. The number of hydrogen-bond donors (Lipinski definition) is 0. The van der Waals surface area contributed by atoms with Gasteiger partial charge in [0.15, 0.2) is 11.2 Å². The number of fused-ring (bicyclic) bond motifs is 17. The maximum Gasteiger partial charge on any atom is 0.160 e. The van der Waals surface area contributed by atoms with Crippen molar-refractivity contribution < 1.29 is 8.83 Å². The van der Waals surface area contributed by atoms with Crippen LogP contribution in [0.1, 0.15) is 0 Å². The summed E-state index contributed by atoms with van der Waals surface area (Å²) in [5, 5.41) is 16.7. The van der Waals surface area contributed by atoms with Crippen LogP contribution in [0.25, 0.3) is 231 Å². The number of furan rings is 2. The fourth-order valence-corrected chi connectivity index (χ4v) is 21.9. The highest BCUT2D eigenvalue weighted by atomic mass is 16.3. The molecule has 4 heterocycles. The summed E-state index contributed by atoms with van der Waals surface area (Å²) in [6, 6.07) is 197. The van der Waals surface area contributed by atoms with Crippen LogP contribution in [0, 0.1) is 0 Å². The molecule has 28 rings (SSSR count). The molecule has 0 atom stereocenters. The highest BCUT2D eigenvalue weighted by Gasteiger charge is 2.27. The molecule has 0 N–H and O–H groups in total. The lowest BCUT2D eigenvalue weighted by Crippen LogP contribution is -2.10. The Hall–Kier alpha value is -19.1. The van der Waals surface area contributed by atoms with E-state index in [1.54, 1.807) is 0 Å². The molecule has 0 aliphatic carbocycles. The summed E-state index contributed by atoms with van der Waals surface area (Å²) in [7, 11) is 0. The van der Waals surface area contributed by atoms with Crippen LogP contribution in [0.15, 0.2) is 555 Å². The Morgan fingerprint density at radius 2 is 0.424 bits per heavy atom. The minimum Gasteiger partial charge on any atom is -0.454 e. The summed E-state index contributed by atoms with van der Waals surface area (Å²) in [6.45, 7) is 0. The van der Waals surface area contributed by atoms with Crippen molar-refractivity contribution in [3.05, 3.63) is 546 Å². The summed E-state index contributed by atoms with van der Waals surface area (Å²) in [5.41, 5.74) is 38.1. The van der Waals surface area contributed by atoms with E-state index in [-0.39, 0.29) is 0 Å². The van der Waals surface area contributed by atoms with Gasteiger partial charge in [-0.3, -0.25) is 0 Å². The fraction of sp³-hybridized carbons (Fsp3) is 0. The Labute approximate surface area is 833 Å². The Balaban J connectivity index is 0.000000143. The third-order valence-corrected chi connectivity index (χ3v) is 29.0. The van der Waals surface area contributed by atoms with E-state index in [9.17, 15) is 0 Å². The second-order valence-electron chi connectivity index (χ2n) is 37.3. The van der Waals surface area contributed by atoms with E-state index in [1.807, 2.05) is 12.1 Å². The van der Waals surface area contributed by atoms with Crippen LogP contribution in [0.5, 0.6) is 0 Å². The van der Waals surface area contributed by atoms with Crippen molar-refractivity contribution in [1.82, 2.24) is 9.13 Å². The quantitative estimate of drug-likeness (QED) is 0.0911. The lowest BCUT2D eigenvalue weighted by molar-refractivity contribution is 0.669. The van der Waals surface area contributed by atoms with E-state index in [0.717, 1.165) is 117 Å². The molecule has 0 saturated heterocycles. The van der Waals surface area contributed by atoms with Gasteiger partial charge in [-0.05, 0) is 248 Å². The van der Waals surface area contributed by atoms with Crippen LogP contribution in [-0.2, 0) is 0 Å². The number of aromatic nitrogens is 2. The number of rotatable bonds is 17. The molecule has 28 aromatic rings. The van der Waals surface area contributed by atoms with Crippen LogP contribution in [0.3, 0.4) is 0 Å². The van der Waals surface area contributed by atoms with Crippen molar-refractivity contribution in [1.29, 1.82) is 0 Å². The van der Waals surface area contributed by atoms with Crippen molar-refractivity contribution >= 4 is 154 Å². The van der Waals surface area contributed by atoms with Gasteiger partial charge in [0, 0.05) is 76.9 Å². The molecule has 0 spiro atoms. The Morgan fingerprint density at radius 3 is 0.833 bits per heavy atom. The van der Waals surface area contributed by atoms with Crippen molar-refractivity contribution in [3.8, 4) is 112 Å². The Bertz CT molecular complexity index is 9730. The van der Waals surface area contributed by atoms with Gasteiger partial charge in [-0.25, -0.2) is 0 Å². The maximum absolute atomic E-state index is 6.79. The number of anilines is 6. The van der Waals surface area contributed by atoms with E-state index in [1.165, 1.54) is 149 Å². The second-order valence-corrected chi connectivity index (χ2v) is 37.3. The Morgan fingerprint density at radius 1 is 0.153 bits per heavy atom. The van der Waals surface area contributed by atoms with E-state index in [0.29, 0.717) is 0 Å². The normalized spacial score (nSPS) is 11.6. The van der Waals surface area contributed by atoms with Crippen molar-refractivity contribution in [2.24, 2.45) is 0 Å². The zero-order valence-electron chi connectivity index (χ0n) is 78.6. The van der Waals surface area contributed by atoms with E-state index >= 15 is 0 Å². The first kappa shape index (κ1) is 84.2. The lowest BCUT2D eigenvalue weighted by atomic mass is 9.97. The number of benzene rings is 24. The average molecular weight is 1840 g/mol. The molecule has 0 unspecified atom stereocenters. The first-order chi connectivity index (χ1) is 71.4. The van der Waals surface area contributed by atoms with Gasteiger partial charge in [-0.2, -0.15) is 0 Å². The number of nitrogens with zero attached hydrogens (tertiary/aromatic N) is 4. The lowest BCUT2D eigenvalue weighted by Gasteiger charge is -2.26. The minimum atomic E-state index is 0.867. The molecule has 6 heteroatoms. The van der Waals surface area contributed by atoms with Crippen LogP contribution < -0.4 is 9.80 Å². The largest absolute Gasteiger partial charge is 0.454 e. The first-order valence-corrected chi connectivity index (χ1v) is 49.3. The smallest absolute Gasteiger partial charge is 0.160 e. The summed E-state index contributed by atoms with van der Waals surface area (Å²) in [4.78, 5) is 4.68. The van der Waals surface area contributed by atoms with E-state index in [4.69, 9.17) is 8.83 Å². The fourth-order valence-electron chi connectivity index (χ4n) is 21.9. The zero-order valence-corrected chi connectivity index (χ0v) is 78.6. The minimum absolute atomic E-state index is 0.867. The highest BCUT2D eigenvalue weighted by Crippen LogP contribution is 2.51. The van der Waals surface area contributed by atoms with Gasteiger partial charge in [0.2, 0.25) is 0 Å². The van der Waals surface area contributed by atoms with Gasteiger partial charge >= 0.3 is 0 Å². The van der Waals surface area contributed by atoms with Crippen LogP contribution in [0.4, 0.5) is 34.1 Å². The topological polar surface area (TPSA) is 42.6 Å². The molecule has 24 aromatic carbocycles.